The second-order valence-corrected chi connectivity index (χ2v) is 5.25. The van der Waals surface area contributed by atoms with Gasteiger partial charge in [-0.15, -0.1) is 0 Å². The highest BCUT2D eigenvalue weighted by atomic mass is 16.3. The lowest BCUT2D eigenvalue weighted by molar-refractivity contribution is -0.145. The number of piperazine rings is 1. The summed E-state index contributed by atoms with van der Waals surface area (Å²) in [6.07, 6.45) is 2.02. The maximum absolute atomic E-state index is 12.3. The van der Waals surface area contributed by atoms with Crippen LogP contribution in [0.15, 0.2) is 24.3 Å². The highest BCUT2D eigenvalue weighted by Gasteiger charge is 2.42. The molecule has 0 spiro atoms. The van der Waals surface area contributed by atoms with E-state index in [1.165, 1.54) is 0 Å². The molecule has 100 valence electrons. The van der Waals surface area contributed by atoms with Gasteiger partial charge < -0.3 is 15.3 Å². The molecule has 3 rings (SSSR count). The van der Waals surface area contributed by atoms with E-state index in [2.05, 4.69) is 5.32 Å². The standard InChI is InChI=1S/C14H16N2O3/c17-11-3-1-2-9(6-11)7-16-8-12(18)15-13(14(16)19)10-4-5-10/h1-3,6,10,13,17H,4-5,7-8H2,(H,15,18). The molecule has 0 aromatic heterocycles. The van der Waals surface area contributed by atoms with Crippen molar-refractivity contribution in [1.29, 1.82) is 0 Å². The first-order chi connectivity index (χ1) is 9.13. The molecule has 1 heterocycles. The van der Waals surface area contributed by atoms with Crippen molar-refractivity contribution in [3.63, 3.8) is 0 Å². The van der Waals surface area contributed by atoms with Gasteiger partial charge in [0.1, 0.15) is 11.8 Å². The first kappa shape index (κ1) is 12.0. The number of rotatable bonds is 3. The fourth-order valence-corrected chi connectivity index (χ4v) is 2.49. The maximum atomic E-state index is 12.3. The van der Waals surface area contributed by atoms with Crippen LogP contribution in [0.3, 0.4) is 0 Å². The van der Waals surface area contributed by atoms with Crippen LogP contribution in [0, 0.1) is 5.92 Å². The average molecular weight is 260 g/mol. The lowest BCUT2D eigenvalue weighted by Gasteiger charge is -2.32. The molecule has 19 heavy (non-hydrogen) atoms. The van der Waals surface area contributed by atoms with Crippen LogP contribution in [-0.2, 0) is 16.1 Å². The van der Waals surface area contributed by atoms with Gasteiger partial charge in [-0.25, -0.2) is 0 Å². The van der Waals surface area contributed by atoms with E-state index < -0.39 is 0 Å². The number of hydrogen-bond donors (Lipinski definition) is 2. The predicted molar refractivity (Wildman–Crippen MR) is 68.2 cm³/mol. The average Bonchev–Trinajstić information content (AvgIpc) is 3.17. The number of carbonyl (C=O) groups is 2. The second kappa shape index (κ2) is 4.57. The molecule has 5 nitrogen and oxygen atoms in total. The monoisotopic (exact) mass is 260 g/mol. The maximum Gasteiger partial charge on any atom is 0.246 e. The number of nitrogens with one attached hydrogen (secondary N) is 1. The van der Waals surface area contributed by atoms with Crippen molar-refractivity contribution in [2.75, 3.05) is 6.54 Å². The van der Waals surface area contributed by atoms with Gasteiger partial charge in [-0.05, 0) is 36.5 Å². The van der Waals surface area contributed by atoms with Crippen molar-refractivity contribution >= 4 is 11.8 Å². The van der Waals surface area contributed by atoms with Crippen LogP contribution in [0.25, 0.3) is 0 Å². The van der Waals surface area contributed by atoms with Gasteiger partial charge in [0.2, 0.25) is 11.8 Å². The first-order valence-electron chi connectivity index (χ1n) is 6.49. The molecule has 1 atom stereocenters. The number of phenolic OH excluding ortho intramolecular Hbond substituents is 1. The summed E-state index contributed by atoms with van der Waals surface area (Å²) in [5, 5.41) is 12.2. The Labute approximate surface area is 111 Å². The van der Waals surface area contributed by atoms with Gasteiger partial charge in [0.15, 0.2) is 0 Å². The van der Waals surface area contributed by atoms with Crippen molar-refractivity contribution < 1.29 is 14.7 Å². The Balaban J connectivity index is 1.75. The molecule has 1 aromatic rings. The van der Waals surface area contributed by atoms with Crippen LogP contribution in [0.4, 0.5) is 0 Å². The zero-order chi connectivity index (χ0) is 13.4. The Hall–Kier alpha value is -2.04. The summed E-state index contributed by atoms with van der Waals surface area (Å²) in [6.45, 7) is 0.460. The summed E-state index contributed by atoms with van der Waals surface area (Å²) in [5.74, 6) is 0.371. The van der Waals surface area contributed by atoms with Crippen LogP contribution in [-0.4, -0.2) is 34.4 Å². The summed E-state index contributed by atoms with van der Waals surface area (Å²) in [6, 6.07) is 6.43. The molecule has 1 unspecified atom stereocenters. The van der Waals surface area contributed by atoms with Gasteiger partial charge in [-0.2, -0.15) is 0 Å². The fraction of sp³-hybridized carbons (Fsp3) is 0.429. The van der Waals surface area contributed by atoms with Crippen LogP contribution < -0.4 is 5.32 Å². The van der Waals surface area contributed by atoms with Gasteiger partial charge in [-0.3, -0.25) is 9.59 Å². The summed E-state index contributed by atoms with van der Waals surface area (Å²) < 4.78 is 0. The Bertz CT molecular complexity index is 525. The van der Waals surface area contributed by atoms with E-state index in [1.807, 2.05) is 6.07 Å². The van der Waals surface area contributed by atoms with E-state index in [0.717, 1.165) is 18.4 Å². The minimum absolute atomic E-state index is 0.00885. The molecule has 2 fully saturated rings. The van der Waals surface area contributed by atoms with Gasteiger partial charge >= 0.3 is 0 Å². The van der Waals surface area contributed by atoms with E-state index in [-0.39, 0.29) is 30.2 Å². The SMILES string of the molecule is O=C1CN(Cc2cccc(O)c2)C(=O)C(C2CC2)N1. The largest absolute Gasteiger partial charge is 0.508 e. The van der Waals surface area contributed by atoms with E-state index >= 15 is 0 Å². The topological polar surface area (TPSA) is 69.6 Å². The Kier molecular flexibility index (Phi) is 2.89. The molecule has 1 saturated carbocycles. The minimum atomic E-state index is -0.349. The third kappa shape index (κ3) is 2.54. The Morgan fingerprint density at radius 2 is 2.11 bits per heavy atom. The predicted octanol–water partition coefficient (Wildman–Crippen LogP) is 0.629. The Morgan fingerprint density at radius 3 is 2.79 bits per heavy atom. The van der Waals surface area contributed by atoms with Crippen molar-refractivity contribution in [3.05, 3.63) is 29.8 Å². The molecule has 5 heteroatoms. The summed E-state index contributed by atoms with van der Waals surface area (Å²) in [5.41, 5.74) is 0.831. The smallest absolute Gasteiger partial charge is 0.246 e. The summed E-state index contributed by atoms with van der Waals surface area (Å²) in [7, 11) is 0. The van der Waals surface area contributed by atoms with Gasteiger partial charge in [-0.1, -0.05) is 12.1 Å². The van der Waals surface area contributed by atoms with Crippen LogP contribution in [0.2, 0.25) is 0 Å². The zero-order valence-electron chi connectivity index (χ0n) is 10.5. The van der Waals surface area contributed by atoms with E-state index in [0.29, 0.717) is 12.5 Å². The number of benzene rings is 1. The van der Waals surface area contributed by atoms with Gasteiger partial charge in [0, 0.05) is 6.54 Å². The van der Waals surface area contributed by atoms with E-state index in [9.17, 15) is 14.7 Å². The molecular formula is C14H16N2O3. The highest BCUT2D eigenvalue weighted by Crippen LogP contribution is 2.34. The summed E-state index contributed by atoms with van der Waals surface area (Å²) in [4.78, 5) is 25.5. The zero-order valence-corrected chi connectivity index (χ0v) is 10.5. The van der Waals surface area contributed by atoms with Crippen LogP contribution >= 0.6 is 0 Å². The molecule has 0 radical (unpaired) electrons. The van der Waals surface area contributed by atoms with E-state index in [1.54, 1.807) is 23.1 Å². The van der Waals surface area contributed by atoms with Crippen molar-refractivity contribution in [2.45, 2.75) is 25.4 Å². The number of carbonyl (C=O) groups excluding carboxylic acids is 2. The molecule has 2 N–H and O–H groups in total. The molecule has 1 aromatic carbocycles. The number of aromatic hydroxyl groups is 1. The first-order valence-corrected chi connectivity index (χ1v) is 6.49. The quantitative estimate of drug-likeness (QED) is 0.837. The lowest BCUT2D eigenvalue weighted by Crippen LogP contribution is -2.58. The van der Waals surface area contributed by atoms with Gasteiger partial charge in [0.25, 0.3) is 0 Å². The molecule has 0 bridgehead atoms. The molecule has 2 aliphatic rings. The number of hydrogen-bond acceptors (Lipinski definition) is 3. The lowest BCUT2D eigenvalue weighted by atomic mass is 10.1. The molecule has 1 aliphatic heterocycles. The van der Waals surface area contributed by atoms with Crippen molar-refractivity contribution in [2.24, 2.45) is 5.92 Å². The molecule has 1 saturated heterocycles. The third-order valence-electron chi connectivity index (χ3n) is 3.61. The minimum Gasteiger partial charge on any atom is -0.508 e. The van der Waals surface area contributed by atoms with Crippen LogP contribution in [0.5, 0.6) is 5.75 Å². The number of amides is 2. The Morgan fingerprint density at radius 1 is 1.32 bits per heavy atom. The van der Waals surface area contributed by atoms with Crippen molar-refractivity contribution in [1.82, 2.24) is 10.2 Å². The van der Waals surface area contributed by atoms with Gasteiger partial charge in [0.05, 0.1) is 6.54 Å². The molecular weight excluding hydrogens is 244 g/mol. The molecule has 2 amide bonds. The second-order valence-electron chi connectivity index (χ2n) is 5.25. The summed E-state index contributed by atoms with van der Waals surface area (Å²) >= 11 is 0. The van der Waals surface area contributed by atoms with Crippen LogP contribution in [0.1, 0.15) is 18.4 Å². The third-order valence-corrected chi connectivity index (χ3v) is 3.61. The molecule has 1 aliphatic carbocycles. The number of nitrogens with zero attached hydrogens (tertiary/aromatic N) is 1. The van der Waals surface area contributed by atoms with E-state index in [4.69, 9.17) is 0 Å². The van der Waals surface area contributed by atoms with Crippen molar-refractivity contribution in [3.8, 4) is 5.75 Å². The fourth-order valence-electron chi connectivity index (χ4n) is 2.49. The number of phenols is 1. The highest BCUT2D eigenvalue weighted by molar-refractivity contribution is 5.95. The normalized spacial score (nSPS) is 23.4.